The minimum absolute atomic E-state index is 0. The molecule has 0 aliphatic carbocycles. The van der Waals surface area contributed by atoms with E-state index in [1.807, 2.05) is 0 Å². The van der Waals surface area contributed by atoms with E-state index in [2.05, 4.69) is 0 Å². The molecular formula is C18H34N4NiO14S2. The first-order valence-corrected chi connectivity index (χ1v) is 11.6. The van der Waals surface area contributed by atoms with Gasteiger partial charge in [0.2, 0.25) is 12.8 Å². The number of rotatable bonds is 4. The van der Waals surface area contributed by atoms with Gasteiger partial charge < -0.3 is 41.3 Å². The van der Waals surface area contributed by atoms with E-state index in [-0.39, 0.29) is 37.2 Å². The van der Waals surface area contributed by atoms with Crippen LogP contribution in [0.3, 0.4) is 0 Å². The number of carbonyl (C=O) groups is 2. The van der Waals surface area contributed by atoms with Crippen molar-refractivity contribution >= 4 is 44.4 Å². The van der Waals surface area contributed by atoms with Gasteiger partial charge in [0.25, 0.3) is 0 Å². The minimum Gasteiger partial charge on any atom is -0.744 e. The minimum atomic E-state index is -4.33. The van der Waals surface area contributed by atoms with Crippen LogP contribution >= 0.6 is 0 Å². The molecule has 0 spiro atoms. The fraction of sp³-hybridized carbons (Fsp3) is 0.222. The van der Waals surface area contributed by atoms with Crippen LogP contribution in [0, 0.1) is 0 Å². The van der Waals surface area contributed by atoms with Crippen molar-refractivity contribution in [3.63, 3.8) is 0 Å². The Morgan fingerprint density at radius 3 is 0.872 bits per heavy atom. The fourth-order valence-corrected chi connectivity index (χ4v) is 2.21. The molecule has 0 atom stereocenters. The summed E-state index contributed by atoms with van der Waals surface area (Å²) >= 11 is 0. The van der Waals surface area contributed by atoms with Crippen LogP contribution in [0.15, 0.2) is 58.3 Å². The Morgan fingerprint density at radius 1 is 0.615 bits per heavy atom. The molecule has 21 heteroatoms. The maximum atomic E-state index is 10.3. The number of benzene rings is 2. The van der Waals surface area contributed by atoms with Crippen LogP contribution in [0.1, 0.15) is 0 Å². The van der Waals surface area contributed by atoms with Crippen LogP contribution < -0.4 is 11.5 Å². The quantitative estimate of drug-likeness (QED) is 0.0526. The maximum Gasteiger partial charge on any atom is 2.00 e. The van der Waals surface area contributed by atoms with Gasteiger partial charge in [-0.1, -0.05) is 0 Å². The van der Waals surface area contributed by atoms with Gasteiger partial charge in [0.1, 0.15) is 20.2 Å². The van der Waals surface area contributed by atoms with Crippen molar-refractivity contribution in [2.24, 2.45) is 0 Å². The average molecular weight is 653 g/mol. The Balaban J connectivity index is -0.0000000688. The molecule has 39 heavy (non-hydrogen) atoms. The predicted octanol–water partition coefficient (Wildman–Crippen LogP) is -1.86. The van der Waals surface area contributed by atoms with E-state index in [0.29, 0.717) is 11.4 Å². The first kappa shape index (κ1) is 52.5. The smallest absolute Gasteiger partial charge is 0.744 e. The molecule has 232 valence electrons. The van der Waals surface area contributed by atoms with Crippen molar-refractivity contribution in [1.29, 1.82) is 0 Å². The van der Waals surface area contributed by atoms with Crippen molar-refractivity contribution in [2.45, 2.75) is 9.79 Å². The largest absolute Gasteiger partial charge is 2.00 e. The molecule has 0 bridgehead atoms. The molecule has 0 aromatic heterocycles. The third kappa shape index (κ3) is 35.1. The Bertz CT molecular complexity index is 953. The number of anilines is 2. The standard InChI is InChI=1S/2C6H7NO3S.2C3H7NO.Ni.2H2O2.2H2O/c2*7-5-1-3-6(4-2-5)11(8,9)10;2*1-4(2)3-5;;2*1-2;;/h2*1-4H,7H2,(H,8,9,10);2*3H,1-2H3;;2*1-2H;2*1H2/q;;;;+2;;;;/p-2. The van der Waals surface area contributed by atoms with Crippen molar-refractivity contribution in [2.75, 3.05) is 39.7 Å². The fourth-order valence-electron chi connectivity index (χ4n) is 1.27. The van der Waals surface area contributed by atoms with Gasteiger partial charge in [0.05, 0.1) is 9.79 Å². The Labute approximate surface area is 236 Å². The second-order valence-electron chi connectivity index (χ2n) is 6.18. The van der Waals surface area contributed by atoms with Crippen molar-refractivity contribution in [1.82, 2.24) is 9.80 Å². The summed E-state index contributed by atoms with van der Waals surface area (Å²) in [7, 11) is -1.90. The monoisotopic (exact) mass is 652 g/mol. The van der Waals surface area contributed by atoms with Gasteiger partial charge >= 0.3 is 16.5 Å². The predicted molar refractivity (Wildman–Crippen MR) is 135 cm³/mol. The molecule has 0 unspecified atom stereocenters. The Morgan fingerprint density at radius 2 is 0.769 bits per heavy atom. The second kappa shape index (κ2) is 29.6. The second-order valence-corrected chi connectivity index (χ2v) is 8.94. The molecule has 2 aromatic carbocycles. The van der Waals surface area contributed by atoms with Crippen LogP contribution in [0.5, 0.6) is 0 Å². The number of amides is 2. The first-order chi connectivity index (χ1) is 16.5. The number of hydrogen-bond acceptors (Lipinski definition) is 14. The zero-order valence-electron chi connectivity index (χ0n) is 21.0. The number of nitrogen functional groups attached to an aromatic ring is 2. The molecule has 0 aliphatic rings. The summed E-state index contributed by atoms with van der Waals surface area (Å²) < 4.78 is 62.1. The van der Waals surface area contributed by atoms with Gasteiger partial charge in [-0.3, -0.25) is 30.6 Å². The third-order valence-electron chi connectivity index (χ3n) is 2.76. The molecule has 0 heterocycles. The zero-order valence-corrected chi connectivity index (χ0v) is 23.6. The van der Waals surface area contributed by atoms with Gasteiger partial charge in [-0.2, -0.15) is 0 Å². The van der Waals surface area contributed by atoms with Crippen molar-refractivity contribution in [3.05, 3.63) is 48.5 Å². The van der Waals surface area contributed by atoms with Crippen LogP contribution in [0.25, 0.3) is 0 Å². The van der Waals surface area contributed by atoms with Gasteiger partial charge in [-0.05, 0) is 48.5 Å². The van der Waals surface area contributed by atoms with E-state index < -0.39 is 20.2 Å². The molecule has 0 saturated heterocycles. The molecule has 2 amide bonds. The SMILES string of the molecule is CN(C)C=O.CN(C)C=O.Nc1ccc(S(=O)(=O)[O-])cc1.Nc1ccc(S(=O)(=O)[O-])cc1.O.O.OO.OO.[Ni+2]. The van der Waals surface area contributed by atoms with E-state index in [9.17, 15) is 35.5 Å². The van der Waals surface area contributed by atoms with E-state index in [4.69, 9.17) is 32.5 Å². The number of nitrogens with two attached hydrogens (primary N) is 2. The van der Waals surface area contributed by atoms with Gasteiger partial charge in [-0.15, -0.1) is 0 Å². The molecule has 2 aromatic rings. The van der Waals surface area contributed by atoms with Crippen LogP contribution in [-0.2, 0) is 46.3 Å². The molecule has 0 saturated carbocycles. The summed E-state index contributed by atoms with van der Waals surface area (Å²) in [6.45, 7) is 0. The molecule has 2 rings (SSSR count). The molecular weight excluding hydrogens is 619 g/mol. The number of hydrogen-bond donors (Lipinski definition) is 6. The van der Waals surface area contributed by atoms with E-state index in [0.717, 1.165) is 12.8 Å². The van der Waals surface area contributed by atoms with E-state index in [1.165, 1.54) is 58.3 Å². The number of nitrogens with zero attached hydrogens (tertiary/aromatic N) is 2. The summed E-state index contributed by atoms with van der Waals surface area (Å²) in [6.07, 6.45) is 1.50. The van der Waals surface area contributed by atoms with Gasteiger partial charge in [0.15, 0.2) is 0 Å². The van der Waals surface area contributed by atoms with Crippen LogP contribution in [0.2, 0.25) is 0 Å². The average Bonchev–Trinajstić information content (AvgIpc) is 2.82. The number of carbonyl (C=O) groups excluding carboxylic acids is 2. The molecule has 0 radical (unpaired) electrons. The van der Waals surface area contributed by atoms with Crippen LogP contribution in [0.4, 0.5) is 11.4 Å². The van der Waals surface area contributed by atoms with E-state index >= 15 is 0 Å². The molecule has 18 nitrogen and oxygen atoms in total. The first-order valence-electron chi connectivity index (χ1n) is 8.80. The molecule has 0 fully saturated rings. The van der Waals surface area contributed by atoms with Crippen molar-refractivity contribution < 1.29 is 84.0 Å². The normalized spacial score (nSPS) is 8.46. The third-order valence-corrected chi connectivity index (χ3v) is 4.46. The van der Waals surface area contributed by atoms with Gasteiger partial charge in [-0.25, -0.2) is 16.8 Å². The summed E-state index contributed by atoms with van der Waals surface area (Å²) in [5, 5.41) is 24.0. The topological polar surface area (TPSA) is 351 Å². The van der Waals surface area contributed by atoms with Crippen LogP contribution in [-0.4, -0.2) is 109 Å². The zero-order chi connectivity index (χ0) is 29.5. The molecule has 12 N–H and O–H groups in total. The summed E-state index contributed by atoms with van der Waals surface area (Å²) in [6, 6.07) is 10.2. The van der Waals surface area contributed by atoms with E-state index in [1.54, 1.807) is 28.2 Å². The summed E-state index contributed by atoms with van der Waals surface area (Å²) in [4.78, 5) is 21.2. The molecule has 0 aliphatic heterocycles. The summed E-state index contributed by atoms with van der Waals surface area (Å²) in [5.74, 6) is 0. The van der Waals surface area contributed by atoms with Crippen molar-refractivity contribution in [3.8, 4) is 0 Å². The van der Waals surface area contributed by atoms with Gasteiger partial charge in [0, 0.05) is 39.6 Å². The Kier molecular flexibility index (Phi) is 39.8. The Hall–Kier alpha value is -2.95. The summed E-state index contributed by atoms with van der Waals surface area (Å²) in [5.41, 5.74) is 11.4. The maximum absolute atomic E-state index is 10.3.